The van der Waals surface area contributed by atoms with Crippen LogP contribution in [0.1, 0.15) is 22.8 Å². The average Bonchev–Trinajstić information content (AvgIpc) is 2.55. The summed E-state index contributed by atoms with van der Waals surface area (Å²) in [6.07, 6.45) is 0. The van der Waals surface area contributed by atoms with Gasteiger partial charge in [0.05, 0.1) is 14.2 Å². The number of rotatable bonds is 7. The number of ketones is 1. The lowest BCUT2D eigenvalue weighted by Gasteiger charge is -2.14. The lowest BCUT2D eigenvalue weighted by atomic mass is 10.1. The monoisotopic (exact) mass is 327 g/mol. The number of amides is 1. The zero-order chi connectivity index (χ0) is 17.5. The van der Waals surface area contributed by atoms with Gasteiger partial charge >= 0.3 is 0 Å². The van der Waals surface area contributed by atoms with Gasteiger partial charge < -0.3 is 15.0 Å². The molecule has 2 N–H and O–H groups in total. The predicted molar refractivity (Wildman–Crippen MR) is 93.5 cm³/mol. The van der Waals surface area contributed by atoms with Crippen molar-refractivity contribution in [2.24, 2.45) is 0 Å². The van der Waals surface area contributed by atoms with Crippen LogP contribution in [0, 0.1) is 0 Å². The molecule has 1 amide bonds. The lowest BCUT2D eigenvalue weighted by Crippen LogP contribution is -3.08. The zero-order valence-corrected chi connectivity index (χ0v) is 14.3. The molecule has 2 rings (SSSR count). The Morgan fingerprint density at radius 1 is 1.12 bits per heavy atom. The Morgan fingerprint density at radius 2 is 1.83 bits per heavy atom. The molecule has 0 saturated carbocycles. The number of Topliss-reactive ketones (excluding diaryl/α,β-unsaturated/α-hetero) is 1. The van der Waals surface area contributed by atoms with E-state index in [2.05, 4.69) is 5.32 Å². The summed E-state index contributed by atoms with van der Waals surface area (Å²) in [5.74, 6) is 0.761. The highest BCUT2D eigenvalue weighted by Gasteiger charge is 2.11. The van der Waals surface area contributed by atoms with E-state index in [1.807, 2.05) is 31.3 Å². The van der Waals surface area contributed by atoms with Crippen LogP contribution in [0.5, 0.6) is 5.75 Å². The molecule has 1 unspecified atom stereocenters. The van der Waals surface area contributed by atoms with Gasteiger partial charge in [-0.3, -0.25) is 9.59 Å². The summed E-state index contributed by atoms with van der Waals surface area (Å²) >= 11 is 0. The van der Waals surface area contributed by atoms with Gasteiger partial charge in [0.15, 0.2) is 12.3 Å². The van der Waals surface area contributed by atoms with Crippen LogP contribution in [0.25, 0.3) is 0 Å². The Kier molecular flexibility index (Phi) is 6.09. The first-order valence-corrected chi connectivity index (χ1v) is 7.83. The molecule has 126 valence electrons. The van der Waals surface area contributed by atoms with Gasteiger partial charge in [0.1, 0.15) is 12.3 Å². The van der Waals surface area contributed by atoms with Gasteiger partial charge in [-0.2, -0.15) is 0 Å². The Morgan fingerprint density at radius 3 is 2.46 bits per heavy atom. The van der Waals surface area contributed by atoms with Gasteiger partial charge in [0.25, 0.3) is 5.91 Å². The summed E-state index contributed by atoms with van der Waals surface area (Å²) in [5.41, 5.74) is 2.44. The van der Waals surface area contributed by atoms with Gasteiger partial charge in [-0.1, -0.05) is 12.1 Å². The highest BCUT2D eigenvalue weighted by Crippen LogP contribution is 2.11. The quantitative estimate of drug-likeness (QED) is 0.759. The van der Waals surface area contributed by atoms with E-state index in [0.29, 0.717) is 17.8 Å². The molecular formula is C19H23N2O3+. The molecule has 0 spiro atoms. The number of anilines is 1. The van der Waals surface area contributed by atoms with Crippen molar-refractivity contribution in [2.45, 2.75) is 13.5 Å². The first-order chi connectivity index (χ1) is 11.5. The SMILES string of the molecule is COc1cccc(C[NH+](C)CC(=O)Nc2ccc(C(C)=O)cc2)c1. The first-order valence-electron chi connectivity index (χ1n) is 7.83. The molecule has 0 aliphatic rings. The minimum absolute atomic E-state index is 0.00958. The molecule has 0 aromatic heterocycles. The number of likely N-dealkylation sites (N-methyl/N-ethyl adjacent to an activating group) is 1. The van der Waals surface area contributed by atoms with Crippen molar-refractivity contribution < 1.29 is 19.2 Å². The maximum atomic E-state index is 12.1. The minimum atomic E-state index is -0.0639. The number of hydrogen-bond acceptors (Lipinski definition) is 3. The highest BCUT2D eigenvalue weighted by atomic mass is 16.5. The van der Waals surface area contributed by atoms with Gasteiger partial charge in [0.2, 0.25) is 0 Å². The van der Waals surface area contributed by atoms with Crippen LogP contribution in [-0.4, -0.2) is 32.4 Å². The highest BCUT2D eigenvalue weighted by molar-refractivity contribution is 5.95. The summed E-state index contributed by atoms with van der Waals surface area (Å²) in [6, 6.07) is 14.7. The summed E-state index contributed by atoms with van der Waals surface area (Å²) in [5, 5.41) is 2.85. The Balaban J connectivity index is 1.87. The molecule has 0 bridgehead atoms. The number of quaternary nitrogens is 1. The Hall–Kier alpha value is -2.66. The number of nitrogens with one attached hydrogen (secondary N) is 2. The summed E-state index contributed by atoms with van der Waals surface area (Å²) in [4.78, 5) is 24.4. The van der Waals surface area contributed by atoms with E-state index >= 15 is 0 Å². The van der Waals surface area contributed by atoms with Crippen molar-refractivity contribution in [1.82, 2.24) is 0 Å². The fraction of sp³-hybridized carbons (Fsp3) is 0.263. The number of methoxy groups -OCH3 is 1. The third-order valence-corrected chi connectivity index (χ3v) is 3.68. The maximum absolute atomic E-state index is 12.1. The Labute approximate surface area is 142 Å². The van der Waals surface area contributed by atoms with E-state index in [-0.39, 0.29) is 11.7 Å². The Bertz CT molecular complexity index is 711. The standard InChI is InChI=1S/C19H22N2O3/c1-14(22)16-7-9-17(10-8-16)20-19(23)13-21(2)12-15-5-4-6-18(11-15)24-3/h4-11H,12-13H2,1-3H3,(H,20,23)/p+1. The third kappa shape index (κ3) is 5.21. The van der Waals surface area contributed by atoms with Crippen LogP contribution in [0.4, 0.5) is 5.69 Å². The molecule has 0 aliphatic heterocycles. The van der Waals surface area contributed by atoms with E-state index in [0.717, 1.165) is 22.8 Å². The molecule has 0 radical (unpaired) electrons. The van der Waals surface area contributed by atoms with Crippen molar-refractivity contribution in [3.8, 4) is 5.75 Å². The van der Waals surface area contributed by atoms with Crippen molar-refractivity contribution >= 4 is 17.4 Å². The molecule has 0 saturated heterocycles. The van der Waals surface area contributed by atoms with Gasteiger partial charge in [-0.25, -0.2) is 0 Å². The van der Waals surface area contributed by atoms with Crippen molar-refractivity contribution in [3.63, 3.8) is 0 Å². The number of carbonyl (C=O) groups is 2. The smallest absolute Gasteiger partial charge is 0.279 e. The number of hydrogen-bond donors (Lipinski definition) is 2. The second-order valence-electron chi connectivity index (χ2n) is 5.84. The molecule has 2 aromatic rings. The normalized spacial score (nSPS) is 11.6. The fourth-order valence-electron chi connectivity index (χ4n) is 2.46. The second-order valence-corrected chi connectivity index (χ2v) is 5.84. The number of carbonyl (C=O) groups excluding carboxylic acids is 2. The van der Waals surface area contributed by atoms with E-state index in [9.17, 15) is 9.59 Å². The molecule has 2 aromatic carbocycles. The van der Waals surface area contributed by atoms with Crippen molar-refractivity contribution in [3.05, 3.63) is 59.7 Å². The summed E-state index contributed by atoms with van der Waals surface area (Å²) in [6.45, 7) is 2.60. The molecule has 0 fully saturated rings. The fourth-order valence-corrected chi connectivity index (χ4v) is 2.46. The molecule has 0 aliphatic carbocycles. The van der Waals surface area contributed by atoms with Crippen LogP contribution in [0.2, 0.25) is 0 Å². The zero-order valence-electron chi connectivity index (χ0n) is 14.3. The van der Waals surface area contributed by atoms with Crippen molar-refractivity contribution in [1.29, 1.82) is 0 Å². The predicted octanol–water partition coefficient (Wildman–Crippen LogP) is 1.55. The second kappa shape index (κ2) is 8.26. The van der Waals surface area contributed by atoms with E-state index in [1.54, 1.807) is 31.4 Å². The lowest BCUT2D eigenvalue weighted by molar-refractivity contribution is -0.885. The summed E-state index contributed by atoms with van der Waals surface area (Å²) in [7, 11) is 3.61. The summed E-state index contributed by atoms with van der Waals surface area (Å²) < 4.78 is 5.21. The molecule has 1 atom stereocenters. The third-order valence-electron chi connectivity index (χ3n) is 3.68. The minimum Gasteiger partial charge on any atom is -0.497 e. The maximum Gasteiger partial charge on any atom is 0.279 e. The molecule has 5 heteroatoms. The van der Waals surface area contributed by atoms with E-state index < -0.39 is 0 Å². The van der Waals surface area contributed by atoms with Crippen LogP contribution < -0.4 is 15.0 Å². The molecule has 5 nitrogen and oxygen atoms in total. The van der Waals surface area contributed by atoms with Crippen LogP contribution in [-0.2, 0) is 11.3 Å². The van der Waals surface area contributed by atoms with Crippen LogP contribution in [0.15, 0.2) is 48.5 Å². The number of ether oxygens (including phenoxy) is 1. The van der Waals surface area contributed by atoms with Gasteiger partial charge in [0, 0.05) is 16.8 Å². The molecule has 0 heterocycles. The van der Waals surface area contributed by atoms with Gasteiger partial charge in [-0.15, -0.1) is 0 Å². The van der Waals surface area contributed by atoms with Gasteiger partial charge in [-0.05, 0) is 43.3 Å². The molecule has 24 heavy (non-hydrogen) atoms. The van der Waals surface area contributed by atoms with E-state index in [1.165, 1.54) is 6.92 Å². The van der Waals surface area contributed by atoms with Crippen LogP contribution >= 0.6 is 0 Å². The first kappa shape index (κ1) is 17.7. The average molecular weight is 327 g/mol. The van der Waals surface area contributed by atoms with Crippen molar-refractivity contribution in [2.75, 3.05) is 26.0 Å². The van der Waals surface area contributed by atoms with Crippen LogP contribution in [0.3, 0.4) is 0 Å². The topological polar surface area (TPSA) is 59.8 Å². The molecular weight excluding hydrogens is 304 g/mol. The van der Waals surface area contributed by atoms with E-state index in [4.69, 9.17) is 4.74 Å². The largest absolute Gasteiger partial charge is 0.497 e. The number of benzene rings is 2.